The van der Waals surface area contributed by atoms with E-state index >= 15 is 0 Å². The number of benzene rings is 2. The van der Waals surface area contributed by atoms with E-state index in [-0.39, 0.29) is 13.1 Å². The molecule has 6 nitrogen and oxygen atoms in total. The lowest BCUT2D eigenvalue weighted by molar-refractivity contribution is -0.137. The number of carbonyl (C=O) groups is 2. The maximum atomic E-state index is 12.8. The number of hydrogen-bond acceptors (Lipinski definition) is 3. The van der Waals surface area contributed by atoms with Crippen LogP contribution in [0.2, 0.25) is 0 Å². The average Bonchev–Trinajstić information content (AvgIpc) is 2.63. The van der Waals surface area contributed by atoms with Crippen LogP contribution in [0.15, 0.2) is 48.5 Å². The molecule has 0 unspecified atom stereocenters. The molecule has 30 heavy (non-hydrogen) atoms. The number of carbonyl (C=O) groups excluding carboxylic acids is 2. The van der Waals surface area contributed by atoms with Crippen molar-refractivity contribution in [2.75, 3.05) is 5.32 Å². The Kier molecular flexibility index (Phi) is 7.31. The van der Waals surface area contributed by atoms with Gasteiger partial charge in [0.25, 0.3) is 0 Å². The van der Waals surface area contributed by atoms with Gasteiger partial charge in [0.2, 0.25) is 0 Å². The Labute approximate surface area is 172 Å². The van der Waals surface area contributed by atoms with Gasteiger partial charge in [0.1, 0.15) is 5.60 Å². The van der Waals surface area contributed by atoms with Crippen LogP contribution in [-0.4, -0.2) is 17.7 Å². The van der Waals surface area contributed by atoms with E-state index in [1.165, 1.54) is 12.1 Å². The first-order valence-electron chi connectivity index (χ1n) is 9.19. The highest BCUT2D eigenvalue weighted by Gasteiger charge is 2.30. The quantitative estimate of drug-likeness (QED) is 0.630. The van der Waals surface area contributed by atoms with Crippen molar-refractivity contribution in [2.24, 2.45) is 0 Å². The molecule has 3 N–H and O–H groups in total. The third-order valence-corrected chi connectivity index (χ3v) is 3.73. The molecule has 0 aliphatic rings. The Bertz CT molecular complexity index is 893. The maximum absolute atomic E-state index is 12.8. The molecule has 0 aromatic heterocycles. The van der Waals surface area contributed by atoms with Crippen LogP contribution >= 0.6 is 0 Å². The van der Waals surface area contributed by atoms with E-state index in [0.717, 1.165) is 17.7 Å². The lowest BCUT2D eigenvalue weighted by Gasteiger charge is -2.19. The van der Waals surface area contributed by atoms with Crippen molar-refractivity contribution in [1.82, 2.24) is 10.6 Å². The summed E-state index contributed by atoms with van der Waals surface area (Å²) in [6.07, 6.45) is -4.99. The van der Waals surface area contributed by atoms with E-state index in [1.54, 1.807) is 45.0 Å². The number of halogens is 3. The molecule has 162 valence electrons. The lowest BCUT2D eigenvalue weighted by Crippen LogP contribution is -2.32. The summed E-state index contributed by atoms with van der Waals surface area (Å²) in [6, 6.07) is 11.0. The molecule has 2 aromatic rings. The molecule has 9 heteroatoms. The van der Waals surface area contributed by atoms with Crippen LogP contribution in [0.5, 0.6) is 0 Å². The zero-order valence-electron chi connectivity index (χ0n) is 16.9. The van der Waals surface area contributed by atoms with Crippen LogP contribution in [0.25, 0.3) is 0 Å². The number of alkyl carbamates (subject to hydrolysis) is 1. The average molecular weight is 423 g/mol. The molecule has 3 amide bonds. The first kappa shape index (κ1) is 23.1. The van der Waals surface area contributed by atoms with Crippen molar-refractivity contribution in [2.45, 2.75) is 45.6 Å². The van der Waals surface area contributed by atoms with E-state index in [4.69, 9.17) is 4.74 Å². The summed E-state index contributed by atoms with van der Waals surface area (Å²) in [4.78, 5) is 23.8. The summed E-state index contributed by atoms with van der Waals surface area (Å²) in [5, 5.41) is 7.74. The molecule has 0 fully saturated rings. The Hall–Kier alpha value is -3.23. The number of amides is 3. The second kappa shape index (κ2) is 9.51. The van der Waals surface area contributed by atoms with Gasteiger partial charge in [-0.15, -0.1) is 0 Å². The predicted molar refractivity (Wildman–Crippen MR) is 107 cm³/mol. The molecule has 0 aliphatic carbocycles. The van der Waals surface area contributed by atoms with Crippen molar-refractivity contribution in [1.29, 1.82) is 0 Å². The topological polar surface area (TPSA) is 79.5 Å². The molecular formula is C21H24F3N3O3. The van der Waals surface area contributed by atoms with E-state index in [2.05, 4.69) is 16.0 Å². The highest BCUT2D eigenvalue weighted by atomic mass is 19.4. The van der Waals surface area contributed by atoms with Crippen LogP contribution in [0.1, 0.15) is 37.5 Å². The number of anilines is 1. The highest BCUT2D eigenvalue weighted by Crippen LogP contribution is 2.29. The Balaban J connectivity index is 1.87. The van der Waals surface area contributed by atoms with Crippen LogP contribution in [-0.2, 0) is 24.0 Å². The second-order valence-corrected chi connectivity index (χ2v) is 7.56. The minimum absolute atomic E-state index is 0.0599. The second-order valence-electron chi connectivity index (χ2n) is 7.56. The number of nitrogens with one attached hydrogen (secondary N) is 3. The summed E-state index contributed by atoms with van der Waals surface area (Å²) in [5.41, 5.74) is 0.157. The molecule has 0 heterocycles. The molecule has 0 radical (unpaired) electrons. The van der Waals surface area contributed by atoms with E-state index in [0.29, 0.717) is 11.3 Å². The van der Waals surface area contributed by atoms with Gasteiger partial charge in [0.15, 0.2) is 0 Å². The molecule has 0 aliphatic heterocycles. The van der Waals surface area contributed by atoms with Crippen LogP contribution in [0.3, 0.4) is 0 Å². The SMILES string of the molecule is CC(C)(C)OC(=O)NCc1cccc(NC(=O)NCc2cccc(C(F)(F)F)c2)c1. The number of rotatable bonds is 5. The van der Waals surface area contributed by atoms with E-state index in [9.17, 15) is 22.8 Å². The Morgan fingerprint density at radius 3 is 2.13 bits per heavy atom. The van der Waals surface area contributed by atoms with Gasteiger partial charge in [-0.25, -0.2) is 9.59 Å². The fourth-order valence-electron chi connectivity index (χ4n) is 2.46. The van der Waals surface area contributed by atoms with E-state index < -0.39 is 29.5 Å². The minimum atomic E-state index is -4.44. The largest absolute Gasteiger partial charge is 0.444 e. The molecule has 2 aromatic carbocycles. The zero-order chi connectivity index (χ0) is 22.4. The molecule has 0 bridgehead atoms. The molecule has 0 saturated heterocycles. The van der Waals surface area contributed by atoms with Gasteiger partial charge in [0.05, 0.1) is 5.56 Å². The summed E-state index contributed by atoms with van der Waals surface area (Å²) >= 11 is 0. The van der Waals surface area contributed by atoms with Crippen molar-refractivity contribution >= 4 is 17.8 Å². The summed E-state index contributed by atoms with van der Waals surface area (Å²) in [5.74, 6) is 0. The van der Waals surface area contributed by atoms with Crippen molar-refractivity contribution in [3.8, 4) is 0 Å². The van der Waals surface area contributed by atoms with Crippen LogP contribution in [0, 0.1) is 0 Å². The number of hydrogen-bond donors (Lipinski definition) is 3. The van der Waals surface area contributed by atoms with Crippen LogP contribution in [0.4, 0.5) is 28.4 Å². The third kappa shape index (κ3) is 8.02. The van der Waals surface area contributed by atoms with Crippen molar-refractivity contribution < 1.29 is 27.5 Å². The number of ether oxygens (including phenoxy) is 1. The summed E-state index contributed by atoms with van der Waals surface area (Å²) in [6.45, 7) is 5.42. The van der Waals surface area contributed by atoms with Gasteiger partial charge in [-0.05, 0) is 56.2 Å². The van der Waals surface area contributed by atoms with Gasteiger partial charge in [-0.3, -0.25) is 0 Å². The third-order valence-electron chi connectivity index (χ3n) is 3.73. The van der Waals surface area contributed by atoms with Crippen molar-refractivity contribution in [3.63, 3.8) is 0 Å². The summed E-state index contributed by atoms with van der Waals surface area (Å²) < 4.78 is 43.4. The molecule has 0 atom stereocenters. The smallest absolute Gasteiger partial charge is 0.416 e. The van der Waals surface area contributed by atoms with E-state index in [1.807, 2.05) is 0 Å². The normalized spacial score (nSPS) is 11.5. The first-order valence-corrected chi connectivity index (χ1v) is 9.19. The summed E-state index contributed by atoms with van der Waals surface area (Å²) in [7, 11) is 0. The number of alkyl halides is 3. The molecular weight excluding hydrogens is 399 g/mol. The van der Waals surface area contributed by atoms with Gasteiger partial charge in [-0.2, -0.15) is 13.2 Å². The minimum Gasteiger partial charge on any atom is -0.444 e. The van der Waals surface area contributed by atoms with Crippen molar-refractivity contribution in [3.05, 3.63) is 65.2 Å². The number of urea groups is 1. The fourth-order valence-corrected chi connectivity index (χ4v) is 2.46. The van der Waals surface area contributed by atoms with Gasteiger partial charge in [-0.1, -0.05) is 24.3 Å². The lowest BCUT2D eigenvalue weighted by atomic mass is 10.1. The molecule has 2 rings (SSSR count). The standard InChI is InChI=1S/C21H24F3N3O3/c1-20(2,3)30-19(29)26-13-15-7-5-9-17(11-15)27-18(28)25-12-14-6-4-8-16(10-14)21(22,23)24/h4-11H,12-13H2,1-3H3,(H,26,29)(H2,25,27,28). The Morgan fingerprint density at radius 1 is 0.900 bits per heavy atom. The van der Waals surface area contributed by atoms with Gasteiger partial charge >= 0.3 is 18.3 Å². The molecule has 0 saturated carbocycles. The van der Waals surface area contributed by atoms with Crippen LogP contribution < -0.4 is 16.0 Å². The fraction of sp³-hybridized carbons (Fsp3) is 0.333. The van der Waals surface area contributed by atoms with Gasteiger partial charge < -0.3 is 20.7 Å². The molecule has 0 spiro atoms. The highest BCUT2D eigenvalue weighted by molar-refractivity contribution is 5.89. The van der Waals surface area contributed by atoms with Gasteiger partial charge in [0, 0.05) is 18.8 Å². The monoisotopic (exact) mass is 423 g/mol. The predicted octanol–water partition coefficient (Wildman–Crippen LogP) is 5.05. The zero-order valence-corrected chi connectivity index (χ0v) is 16.9. The Morgan fingerprint density at radius 2 is 1.50 bits per heavy atom. The maximum Gasteiger partial charge on any atom is 0.416 e. The first-order chi connectivity index (χ1) is 13.9.